The van der Waals surface area contributed by atoms with Crippen molar-refractivity contribution < 1.29 is 9.26 Å². The Bertz CT molecular complexity index is 624. The first-order valence-corrected chi connectivity index (χ1v) is 8.09. The van der Waals surface area contributed by atoms with Gasteiger partial charge in [0.1, 0.15) is 5.75 Å². The van der Waals surface area contributed by atoms with E-state index in [9.17, 15) is 0 Å². The summed E-state index contributed by atoms with van der Waals surface area (Å²) in [7, 11) is 2.08. The van der Waals surface area contributed by atoms with Crippen molar-refractivity contribution in [3.05, 3.63) is 41.5 Å². The Morgan fingerprint density at radius 2 is 2.13 bits per heavy atom. The van der Waals surface area contributed by atoms with Gasteiger partial charge in [-0.05, 0) is 30.7 Å². The average molecular weight is 316 g/mol. The lowest BCUT2D eigenvalue weighted by Crippen LogP contribution is -2.44. The molecule has 0 spiro atoms. The number of hydrogen-bond acceptors (Lipinski definition) is 6. The minimum Gasteiger partial charge on any atom is -0.484 e. The van der Waals surface area contributed by atoms with E-state index in [1.165, 1.54) is 5.56 Å². The highest BCUT2D eigenvalue weighted by atomic mass is 16.5. The van der Waals surface area contributed by atoms with E-state index in [1.54, 1.807) is 0 Å². The Morgan fingerprint density at radius 1 is 1.35 bits per heavy atom. The van der Waals surface area contributed by atoms with Gasteiger partial charge in [-0.3, -0.25) is 4.90 Å². The van der Waals surface area contributed by atoms with Crippen LogP contribution in [0.2, 0.25) is 0 Å². The smallest absolute Gasteiger partial charge is 0.264 e. The molecule has 1 aromatic heterocycles. The number of piperazine rings is 1. The standard InChI is InChI=1S/C17H24N4O2/c1-12(2)13-4-6-14(7-5-13)22-11-16-19-17(20-23-16)15-10-18-8-9-21(15)3/h4-7,12,15,18H,8-11H2,1-3H3. The molecule has 1 atom stereocenters. The maximum absolute atomic E-state index is 5.73. The first-order chi connectivity index (χ1) is 11.1. The molecule has 2 heterocycles. The highest BCUT2D eigenvalue weighted by Gasteiger charge is 2.25. The summed E-state index contributed by atoms with van der Waals surface area (Å²) in [5.74, 6) is 2.55. The second-order valence-electron chi connectivity index (χ2n) is 6.26. The van der Waals surface area contributed by atoms with Gasteiger partial charge >= 0.3 is 0 Å². The number of benzene rings is 1. The number of nitrogens with one attached hydrogen (secondary N) is 1. The highest BCUT2D eigenvalue weighted by Crippen LogP contribution is 2.20. The molecule has 2 aromatic rings. The molecule has 1 aromatic carbocycles. The van der Waals surface area contributed by atoms with E-state index in [0.29, 0.717) is 17.6 Å². The Morgan fingerprint density at radius 3 is 2.83 bits per heavy atom. The van der Waals surface area contributed by atoms with Crippen LogP contribution in [0.1, 0.15) is 43.1 Å². The van der Waals surface area contributed by atoms with E-state index in [0.717, 1.165) is 25.4 Å². The molecule has 0 bridgehead atoms. The molecule has 3 rings (SSSR count). The van der Waals surface area contributed by atoms with Gasteiger partial charge in [0.15, 0.2) is 12.4 Å². The Balaban J connectivity index is 1.58. The number of hydrogen-bond donors (Lipinski definition) is 1. The quantitative estimate of drug-likeness (QED) is 0.913. The van der Waals surface area contributed by atoms with Crippen molar-refractivity contribution in [1.29, 1.82) is 0 Å². The van der Waals surface area contributed by atoms with Gasteiger partial charge in [0.05, 0.1) is 6.04 Å². The van der Waals surface area contributed by atoms with E-state index in [4.69, 9.17) is 9.26 Å². The van der Waals surface area contributed by atoms with Crippen molar-refractivity contribution in [3.63, 3.8) is 0 Å². The molecule has 0 saturated carbocycles. The fourth-order valence-corrected chi connectivity index (χ4v) is 2.65. The van der Waals surface area contributed by atoms with Gasteiger partial charge in [0.25, 0.3) is 5.89 Å². The van der Waals surface area contributed by atoms with Crippen LogP contribution in [0.15, 0.2) is 28.8 Å². The van der Waals surface area contributed by atoms with Gasteiger partial charge in [-0.25, -0.2) is 0 Å². The third-order valence-corrected chi connectivity index (χ3v) is 4.20. The van der Waals surface area contributed by atoms with Crippen LogP contribution >= 0.6 is 0 Å². The van der Waals surface area contributed by atoms with Crippen LogP contribution in [0.25, 0.3) is 0 Å². The summed E-state index contributed by atoms with van der Waals surface area (Å²) < 4.78 is 11.0. The zero-order chi connectivity index (χ0) is 16.2. The Labute approximate surface area is 136 Å². The van der Waals surface area contributed by atoms with Gasteiger partial charge in [-0.1, -0.05) is 31.1 Å². The monoisotopic (exact) mass is 316 g/mol. The van der Waals surface area contributed by atoms with Gasteiger partial charge < -0.3 is 14.6 Å². The van der Waals surface area contributed by atoms with Gasteiger partial charge in [0, 0.05) is 19.6 Å². The van der Waals surface area contributed by atoms with Crippen LogP contribution < -0.4 is 10.1 Å². The van der Waals surface area contributed by atoms with Crippen molar-refractivity contribution in [2.45, 2.75) is 32.4 Å². The lowest BCUT2D eigenvalue weighted by molar-refractivity contribution is 0.189. The Hall–Kier alpha value is -1.92. The second-order valence-corrected chi connectivity index (χ2v) is 6.26. The molecule has 1 saturated heterocycles. The molecule has 1 fully saturated rings. The van der Waals surface area contributed by atoms with E-state index >= 15 is 0 Å². The van der Waals surface area contributed by atoms with Crippen molar-refractivity contribution in [1.82, 2.24) is 20.4 Å². The van der Waals surface area contributed by atoms with Crippen LogP contribution in [-0.4, -0.2) is 41.7 Å². The summed E-state index contributed by atoms with van der Waals surface area (Å²) in [4.78, 5) is 6.69. The van der Waals surface area contributed by atoms with Gasteiger partial charge in [-0.15, -0.1) is 0 Å². The molecule has 23 heavy (non-hydrogen) atoms. The van der Waals surface area contributed by atoms with Crippen molar-refractivity contribution in [3.8, 4) is 5.75 Å². The topological polar surface area (TPSA) is 63.4 Å². The van der Waals surface area contributed by atoms with Crippen LogP contribution in [-0.2, 0) is 6.61 Å². The molecule has 6 heteroatoms. The molecule has 0 radical (unpaired) electrons. The van der Waals surface area contributed by atoms with E-state index in [-0.39, 0.29) is 12.6 Å². The number of ether oxygens (including phenoxy) is 1. The molecule has 1 N–H and O–H groups in total. The van der Waals surface area contributed by atoms with Gasteiger partial charge in [-0.2, -0.15) is 4.98 Å². The average Bonchev–Trinajstić information content (AvgIpc) is 3.02. The lowest BCUT2D eigenvalue weighted by Gasteiger charge is -2.30. The predicted molar refractivity (Wildman–Crippen MR) is 87.4 cm³/mol. The first kappa shape index (κ1) is 16.0. The predicted octanol–water partition coefficient (Wildman–Crippen LogP) is 2.35. The highest BCUT2D eigenvalue weighted by molar-refractivity contribution is 5.28. The zero-order valence-electron chi connectivity index (χ0n) is 14.0. The summed E-state index contributed by atoms with van der Waals surface area (Å²) in [6, 6.07) is 8.28. The molecule has 1 unspecified atom stereocenters. The van der Waals surface area contributed by atoms with E-state index < -0.39 is 0 Å². The largest absolute Gasteiger partial charge is 0.484 e. The fourth-order valence-electron chi connectivity index (χ4n) is 2.65. The zero-order valence-corrected chi connectivity index (χ0v) is 14.0. The molecule has 1 aliphatic heterocycles. The molecule has 0 aliphatic carbocycles. The summed E-state index contributed by atoms with van der Waals surface area (Å²) in [6.45, 7) is 7.45. The van der Waals surface area contributed by atoms with Crippen molar-refractivity contribution in [2.75, 3.05) is 26.7 Å². The number of rotatable bonds is 5. The normalized spacial score (nSPS) is 19.2. The second kappa shape index (κ2) is 7.10. The van der Waals surface area contributed by atoms with Crippen LogP contribution in [0.3, 0.4) is 0 Å². The third-order valence-electron chi connectivity index (χ3n) is 4.20. The number of aromatic nitrogens is 2. The van der Waals surface area contributed by atoms with E-state index in [1.807, 2.05) is 12.1 Å². The summed E-state index contributed by atoms with van der Waals surface area (Å²) in [5.41, 5.74) is 1.30. The summed E-state index contributed by atoms with van der Waals surface area (Å²) >= 11 is 0. The van der Waals surface area contributed by atoms with Crippen LogP contribution in [0.4, 0.5) is 0 Å². The summed E-state index contributed by atoms with van der Waals surface area (Å²) in [5, 5.41) is 7.44. The molecular formula is C17H24N4O2. The molecule has 1 aliphatic rings. The summed E-state index contributed by atoms with van der Waals surface area (Å²) in [6.07, 6.45) is 0. The number of nitrogens with zero attached hydrogens (tertiary/aromatic N) is 3. The minimum atomic E-state index is 0.159. The Kier molecular flexibility index (Phi) is 4.93. The molecule has 6 nitrogen and oxygen atoms in total. The minimum absolute atomic E-state index is 0.159. The maximum atomic E-state index is 5.73. The van der Waals surface area contributed by atoms with Crippen molar-refractivity contribution in [2.24, 2.45) is 0 Å². The molecule has 124 valence electrons. The van der Waals surface area contributed by atoms with Crippen LogP contribution in [0, 0.1) is 0 Å². The SMILES string of the molecule is CC(C)c1ccc(OCc2nc(C3CNCCN3C)no2)cc1. The lowest BCUT2D eigenvalue weighted by atomic mass is 10.0. The number of likely N-dealkylation sites (N-methyl/N-ethyl adjacent to an activating group) is 1. The first-order valence-electron chi connectivity index (χ1n) is 8.09. The molecular weight excluding hydrogens is 292 g/mol. The maximum Gasteiger partial charge on any atom is 0.264 e. The van der Waals surface area contributed by atoms with E-state index in [2.05, 4.69) is 53.4 Å². The van der Waals surface area contributed by atoms with Gasteiger partial charge in [0.2, 0.25) is 0 Å². The fraction of sp³-hybridized carbons (Fsp3) is 0.529. The van der Waals surface area contributed by atoms with Crippen LogP contribution in [0.5, 0.6) is 5.75 Å². The molecule has 0 amide bonds. The third kappa shape index (κ3) is 3.89. The van der Waals surface area contributed by atoms with Crippen molar-refractivity contribution >= 4 is 0 Å².